The minimum atomic E-state index is -0.159. The number of rotatable bonds is 6. The summed E-state index contributed by atoms with van der Waals surface area (Å²) in [6.07, 6.45) is 4.82. The van der Waals surface area contributed by atoms with E-state index in [1.807, 2.05) is 50.2 Å². The number of nitrogens with one attached hydrogen (secondary N) is 1. The summed E-state index contributed by atoms with van der Waals surface area (Å²) >= 11 is 0. The molecule has 28 heavy (non-hydrogen) atoms. The molecule has 0 aliphatic heterocycles. The topological polar surface area (TPSA) is 90.5 Å². The summed E-state index contributed by atoms with van der Waals surface area (Å²) in [5.74, 6) is -0.159. The van der Waals surface area contributed by atoms with Gasteiger partial charge in [0.1, 0.15) is 12.7 Å². The Morgan fingerprint density at radius 2 is 2.04 bits per heavy atom. The third-order valence-electron chi connectivity index (χ3n) is 4.53. The number of nitrogens with zero attached hydrogens (tertiary/aromatic N) is 6. The molecule has 0 radical (unpaired) electrons. The van der Waals surface area contributed by atoms with Crippen molar-refractivity contribution in [2.24, 2.45) is 0 Å². The van der Waals surface area contributed by atoms with Gasteiger partial charge in [0.15, 0.2) is 5.65 Å². The Morgan fingerprint density at radius 1 is 1.21 bits per heavy atom. The molecule has 0 saturated heterocycles. The lowest BCUT2D eigenvalue weighted by Crippen LogP contribution is -2.36. The molecule has 8 heteroatoms. The van der Waals surface area contributed by atoms with Gasteiger partial charge in [0, 0.05) is 18.2 Å². The second-order valence-corrected chi connectivity index (χ2v) is 6.61. The first-order valence-electron chi connectivity index (χ1n) is 9.21. The Bertz CT molecular complexity index is 1090. The molecule has 0 bridgehead atoms. The number of amides is 1. The minimum Gasteiger partial charge on any atom is -0.348 e. The maximum absolute atomic E-state index is 13.1. The molecule has 1 unspecified atom stereocenters. The molecular weight excluding hydrogens is 354 g/mol. The largest absolute Gasteiger partial charge is 0.348 e. The number of hydrogen-bond donors (Lipinski definition) is 1. The number of benzene rings is 1. The molecule has 3 heterocycles. The summed E-state index contributed by atoms with van der Waals surface area (Å²) in [5, 5.41) is 12.3. The maximum Gasteiger partial charge on any atom is 0.252 e. The smallest absolute Gasteiger partial charge is 0.252 e. The van der Waals surface area contributed by atoms with Gasteiger partial charge in [0.05, 0.1) is 29.4 Å². The first-order valence-corrected chi connectivity index (χ1v) is 9.21. The Morgan fingerprint density at radius 3 is 2.75 bits per heavy atom. The highest BCUT2D eigenvalue weighted by Crippen LogP contribution is 2.25. The molecule has 3 aromatic heterocycles. The van der Waals surface area contributed by atoms with Crippen LogP contribution in [0.1, 0.15) is 24.2 Å². The zero-order valence-electron chi connectivity index (χ0n) is 15.8. The zero-order valence-corrected chi connectivity index (χ0v) is 15.8. The molecule has 0 aliphatic rings. The highest BCUT2D eigenvalue weighted by Gasteiger charge is 2.18. The van der Waals surface area contributed by atoms with E-state index in [2.05, 4.69) is 20.5 Å². The van der Waals surface area contributed by atoms with E-state index in [0.717, 1.165) is 16.6 Å². The standard InChI is InChI=1S/C20H21N7O/c1-3-27-19-17(10-22-27)16(9-18(25-19)15-7-5-4-6-8-15)20(28)24-14(2)11-26-13-21-12-23-26/h4-10,12-14H,3,11H2,1-2H3,(H,24,28). The van der Waals surface area contributed by atoms with Crippen LogP contribution in [0.4, 0.5) is 0 Å². The van der Waals surface area contributed by atoms with Crippen molar-refractivity contribution in [1.82, 2.24) is 34.8 Å². The third-order valence-corrected chi connectivity index (χ3v) is 4.53. The lowest BCUT2D eigenvalue weighted by Gasteiger charge is -2.15. The van der Waals surface area contributed by atoms with Gasteiger partial charge >= 0.3 is 0 Å². The first-order chi connectivity index (χ1) is 13.7. The number of fused-ring (bicyclic) bond motifs is 1. The van der Waals surface area contributed by atoms with Crippen LogP contribution in [0.2, 0.25) is 0 Å². The second-order valence-electron chi connectivity index (χ2n) is 6.61. The molecule has 4 aromatic rings. The molecule has 0 spiro atoms. The lowest BCUT2D eigenvalue weighted by molar-refractivity contribution is 0.0937. The summed E-state index contributed by atoms with van der Waals surface area (Å²) in [7, 11) is 0. The average molecular weight is 375 g/mol. The van der Waals surface area contributed by atoms with Crippen LogP contribution in [0.5, 0.6) is 0 Å². The van der Waals surface area contributed by atoms with Crippen molar-refractivity contribution in [2.75, 3.05) is 0 Å². The van der Waals surface area contributed by atoms with E-state index in [1.165, 1.54) is 6.33 Å². The highest BCUT2D eigenvalue weighted by molar-refractivity contribution is 6.06. The van der Waals surface area contributed by atoms with Crippen LogP contribution >= 0.6 is 0 Å². The van der Waals surface area contributed by atoms with Crippen molar-refractivity contribution >= 4 is 16.9 Å². The molecule has 0 aliphatic carbocycles. The van der Waals surface area contributed by atoms with Gasteiger partial charge in [-0.05, 0) is 19.9 Å². The molecule has 0 saturated carbocycles. The number of pyridine rings is 1. The van der Waals surface area contributed by atoms with Gasteiger partial charge in [-0.3, -0.25) is 9.48 Å². The molecule has 0 fully saturated rings. The van der Waals surface area contributed by atoms with E-state index in [0.29, 0.717) is 24.3 Å². The van der Waals surface area contributed by atoms with Crippen LogP contribution in [0.15, 0.2) is 55.2 Å². The predicted molar refractivity (Wildman–Crippen MR) is 106 cm³/mol. The maximum atomic E-state index is 13.1. The second kappa shape index (κ2) is 7.59. The first kappa shape index (κ1) is 17.8. The summed E-state index contributed by atoms with van der Waals surface area (Å²) in [6.45, 7) is 5.16. The van der Waals surface area contributed by atoms with E-state index >= 15 is 0 Å². The van der Waals surface area contributed by atoms with Gasteiger partial charge < -0.3 is 5.32 Å². The zero-order chi connectivity index (χ0) is 19.5. The van der Waals surface area contributed by atoms with Crippen molar-refractivity contribution < 1.29 is 4.79 Å². The van der Waals surface area contributed by atoms with Crippen molar-refractivity contribution in [3.63, 3.8) is 0 Å². The molecule has 1 N–H and O–H groups in total. The fourth-order valence-corrected chi connectivity index (χ4v) is 3.18. The van der Waals surface area contributed by atoms with Crippen LogP contribution in [-0.4, -0.2) is 41.5 Å². The minimum absolute atomic E-state index is 0.112. The molecule has 1 atom stereocenters. The Labute approximate surface area is 162 Å². The van der Waals surface area contributed by atoms with E-state index < -0.39 is 0 Å². The van der Waals surface area contributed by atoms with Crippen LogP contribution in [-0.2, 0) is 13.1 Å². The van der Waals surface area contributed by atoms with E-state index in [4.69, 9.17) is 4.98 Å². The van der Waals surface area contributed by atoms with E-state index in [-0.39, 0.29) is 11.9 Å². The molecule has 8 nitrogen and oxygen atoms in total. The summed E-state index contributed by atoms with van der Waals surface area (Å²) < 4.78 is 3.50. The van der Waals surface area contributed by atoms with Crippen molar-refractivity contribution in [2.45, 2.75) is 33.0 Å². The number of aromatic nitrogens is 6. The normalized spacial score (nSPS) is 12.2. The van der Waals surface area contributed by atoms with Gasteiger partial charge in [-0.1, -0.05) is 30.3 Å². The summed E-state index contributed by atoms with van der Waals surface area (Å²) in [5.41, 5.74) is 2.97. The predicted octanol–water partition coefficient (Wildman–Crippen LogP) is 2.53. The Kier molecular flexibility index (Phi) is 4.84. The van der Waals surface area contributed by atoms with Crippen molar-refractivity contribution in [1.29, 1.82) is 0 Å². The average Bonchev–Trinajstić information content (AvgIpc) is 3.37. The Balaban J connectivity index is 1.70. The van der Waals surface area contributed by atoms with Crippen LogP contribution < -0.4 is 5.32 Å². The quantitative estimate of drug-likeness (QED) is 0.559. The molecular formula is C20H21N7O. The number of hydrogen-bond acceptors (Lipinski definition) is 5. The summed E-state index contributed by atoms with van der Waals surface area (Å²) in [4.78, 5) is 21.7. The highest BCUT2D eigenvalue weighted by atomic mass is 16.1. The van der Waals surface area contributed by atoms with Gasteiger partial charge in [0.2, 0.25) is 0 Å². The van der Waals surface area contributed by atoms with Gasteiger partial charge in [-0.15, -0.1) is 0 Å². The summed E-state index contributed by atoms with van der Waals surface area (Å²) in [6, 6.07) is 11.6. The van der Waals surface area contributed by atoms with E-state index in [1.54, 1.807) is 21.9 Å². The van der Waals surface area contributed by atoms with Gasteiger partial charge in [0.25, 0.3) is 5.91 Å². The van der Waals surface area contributed by atoms with Crippen molar-refractivity contribution in [3.05, 3.63) is 60.8 Å². The SMILES string of the molecule is CCn1ncc2c(C(=O)NC(C)Cn3cncn3)cc(-c3ccccc3)nc21. The van der Waals surface area contributed by atoms with Crippen LogP contribution in [0.3, 0.4) is 0 Å². The monoisotopic (exact) mass is 375 g/mol. The number of aryl methyl sites for hydroxylation is 1. The molecule has 142 valence electrons. The third kappa shape index (κ3) is 3.48. The molecule has 1 aromatic carbocycles. The fraction of sp³-hybridized carbons (Fsp3) is 0.250. The van der Waals surface area contributed by atoms with Crippen LogP contribution in [0, 0.1) is 0 Å². The Hall–Kier alpha value is -3.55. The van der Waals surface area contributed by atoms with Crippen LogP contribution in [0.25, 0.3) is 22.3 Å². The van der Waals surface area contributed by atoms with Gasteiger partial charge in [-0.25, -0.2) is 14.6 Å². The fourth-order valence-electron chi connectivity index (χ4n) is 3.18. The molecule has 1 amide bonds. The lowest BCUT2D eigenvalue weighted by atomic mass is 10.1. The van der Waals surface area contributed by atoms with E-state index in [9.17, 15) is 4.79 Å². The number of carbonyl (C=O) groups excluding carboxylic acids is 1. The van der Waals surface area contributed by atoms with Gasteiger partial charge in [-0.2, -0.15) is 10.2 Å². The number of carbonyl (C=O) groups is 1. The molecule has 4 rings (SSSR count). The van der Waals surface area contributed by atoms with Crippen molar-refractivity contribution in [3.8, 4) is 11.3 Å².